The van der Waals surface area contributed by atoms with Crippen LogP contribution in [0.4, 0.5) is 0 Å². The molecule has 0 N–H and O–H groups in total. The molecule has 2 nitrogen and oxygen atoms in total. The number of hydrogen-bond donors (Lipinski definition) is 0. The van der Waals surface area contributed by atoms with Crippen LogP contribution < -0.4 is 0 Å². The summed E-state index contributed by atoms with van der Waals surface area (Å²) in [5, 5.41) is 0. The molecule has 0 unspecified atom stereocenters. The van der Waals surface area contributed by atoms with E-state index in [0.717, 1.165) is 12.0 Å². The Morgan fingerprint density at radius 1 is 1.33 bits per heavy atom. The number of rotatable bonds is 2. The predicted molar refractivity (Wildman–Crippen MR) is 59.5 cm³/mol. The minimum absolute atomic E-state index is 0.0584. The zero-order valence-corrected chi connectivity index (χ0v) is 9.55. The van der Waals surface area contributed by atoms with Gasteiger partial charge < -0.3 is 4.74 Å². The lowest BCUT2D eigenvalue weighted by Crippen LogP contribution is -2.28. The van der Waals surface area contributed by atoms with E-state index < -0.39 is 0 Å². The summed E-state index contributed by atoms with van der Waals surface area (Å²) in [6.07, 6.45) is 10.6. The number of allylic oxidation sites excluding steroid dienone is 1. The first kappa shape index (κ1) is 10.7. The first-order valence-electron chi connectivity index (χ1n) is 6.16. The molecular weight excluding hydrogens is 188 g/mol. The van der Waals surface area contributed by atoms with E-state index >= 15 is 0 Å². The molecular formula is C13H20O2. The lowest BCUT2D eigenvalue weighted by atomic mass is 9.69. The molecule has 15 heavy (non-hydrogen) atoms. The Kier molecular flexibility index (Phi) is 3.13. The van der Waals surface area contributed by atoms with E-state index in [0.29, 0.717) is 6.61 Å². The second-order valence-electron chi connectivity index (χ2n) is 4.72. The number of carbonyl (C=O) groups excluding carboxylic acids is 1. The van der Waals surface area contributed by atoms with Crippen molar-refractivity contribution in [3.05, 3.63) is 11.6 Å². The average molecular weight is 208 g/mol. The van der Waals surface area contributed by atoms with Crippen LogP contribution >= 0.6 is 0 Å². The average Bonchev–Trinajstić information content (AvgIpc) is 2.63. The molecule has 2 aliphatic carbocycles. The van der Waals surface area contributed by atoms with Crippen molar-refractivity contribution < 1.29 is 9.53 Å². The van der Waals surface area contributed by atoms with Gasteiger partial charge in [0.05, 0.1) is 6.61 Å². The van der Waals surface area contributed by atoms with Gasteiger partial charge in [-0.1, -0.05) is 25.3 Å². The van der Waals surface area contributed by atoms with E-state index in [1.54, 1.807) is 0 Å². The smallest absolute Gasteiger partial charge is 0.334 e. The summed E-state index contributed by atoms with van der Waals surface area (Å²) in [5.41, 5.74) is 1.19. The van der Waals surface area contributed by atoms with Crippen LogP contribution in [0.15, 0.2) is 11.6 Å². The highest BCUT2D eigenvalue weighted by Gasteiger charge is 2.41. The van der Waals surface area contributed by atoms with Crippen molar-refractivity contribution in [1.82, 2.24) is 0 Å². The largest absolute Gasteiger partial charge is 0.463 e. The topological polar surface area (TPSA) is 26.3 Å². The first-order chi connectivity index (χ1) is 7.28. The van der Waals surface area contributed by atoms with E-state index in [1.807, 2.05) is 6.92 Å². The molecule has 1 fully saturated rings. The lowest BCUT2D eigenvalue weighted by Gasteiger charge is -2.35. The van der Waals surface area contributed by atoms with Crippen molar-refractivity contribution in [3.63, 3.8) is 0 Å². The third kappa shape index (κ3) is 1.95. The number of hydrogen-bond acceptors (Lipinski definition) is 2. The SMILES string of the molecule is CCOC(=O)C1=CCCC12CCCCC2. The molecule has 0 radical (unpaired) electrons. The first-order valence-corrected chi connectivity index (χ1v) is 6.16. The van der Waals surface area contributed by atoms with Crippen LogP contribution in [0.2, 0.25) is 0 Å². The van der Waals surface area contributed by atoms with E-state index in [9.17, 15) is 4.79 Å². The van der Waals surface area contributed by atoms with Crippen molar-refractivity contribution in [2.45, 2.75) is 51.9 Å². The van der Waals surface area contributed by atoms with E-state index in [2.05, 4.69) is 6.08 Å². The zero-order valence-electron chi connectivity index (χ0n) is 9.55. The molecule has 0 amide bonds. The van der Waals surface area contributed by atoms with Gasteiger partial charge in [-0.05, 0) is 32.6 Å². The number of ether oxygens (including phenoxy) is 1. The van der Waals surface area contributed by atoms with Gasteiger partial charge in [-0.3, -0.25) is 0 Å². The Morgan fingerprint density at radius 3 is 2.73 bits per heavy atom. The van der Waals surface area contributed by atoms with E-state index in [-0.39, 0.29) is 11.4 Å². The van der Waals surface area contributed by atoms with Crippen LogP contribution in [0, 0.1) is 5.41 Å². The quantitative estimate of drug-likeness (QED) is 0.651. The second kappa shape index (κ2) is 4.38. The molecule has 0 aliphatic heterocycles. The van der Waals surface area contributed by atoms with Crippen molar-refractivity contribution in [3.8, 4) is 0 Å². The minimum atomic E-state index is -0.0584. The molecule has 0 atom stereocenters. The highest BCUT2D eigenvalue weighted by atomic mass is 16.5. The molecule has 1 saturated carbocycles. The molecule has 0 heterocycles. The molecule has 0 aromatic rings. The second-order valence-corrected chi connectivity index (χ2v) is 4.72. The Hall–Kier alpha value is -0.790. The van der Waals surface area contributed by atoms with E-state index in [4.69, 9.17) is 4.74 Å². The van der Waals surface area contributed by atoms with Gasteiger partial charge in [-0.15, -0.1) is 0 Å². The van der Waals surface area contributed by atoms with Gasteiger partial charge in [0, 0.05) is 11.0 Å². The molecule has 0 bridgehead atoms. The minimum Gasteiger partial charge on any atom is -0.463 e. The Labute approximate surface area is 91.7 Å². The third-order valence-electron chi connectivity index (χ3n) is 3.85. The summed E-state index contributed by atoms with van der Waals surface area (Å²) in [7, 11) is 0. The predicted octanol–water partition coefficient (Wildman–Crippen LogP) is 3.22. The van der Waals surface area contributed by atoms with Crippen molar-refractivity contribution in [2.75, 3.05) is 6.61 Å². The van der Waals surface area contributed by atoms with Crippen LogP contribution in [-0.2, 0) is 9.53 Å². The highest BCUT2D eigenvalue weighted by Crippen LogP contribution is 2.50. The fourth-order valence-electron chi connectivity index (χ4n) is 3.10. The Balaban J connectivity index is 2.12. The van der Waals surface area contributed by atoms with Gasteiger partial charge in [0.25, 0.3) is 0 Å². The van der Waals surface area contributed by atoms with Crippen molar-refractivity contribution in [1.29, 1.82) is 0 Å². The van der Waals surface area contributed by atoms with E-state index in [1.165, 1.54) is 38.5 Å². The maximum atomic E-state index is 11.8. The number of carbonyl (C=O) groups is 1. The lowest BCUT2D eigenvalue weighted by molar-refractivity contribution is -0.140. The van der Waals surface area contributed by atoms with Crippen LogP contribution in [0.25, 0.3) is 0 Å². The molecule has 2 aliphatic rings. The normalized spacial score (nSPS) is 23.9. The fraction of sp³-hybridized carbons (Fsp3) is 0.769. The van der Waals surface area contributed by atoms with Crippen molar-refractivity contribution in [2.24, 2.45) is 5.41 Å². The molecule has 0 aromatic carbocycles. The Bertz CT molecular complexity index is 272. The molecule has 0 saturated heterocycles. The number of esters is 1. The maximum Gasteiger partial charge on any atom is 0.334 e. The summed E-state index contributed by atoms with van der Waals surface area (Å²) >= 11 is 0. The van der Waals surface area contributed by atoms with Gasteiger partial charge in [-0.2, -0.15) is 0 Å². The van der Waals surface area contributed by atoms with Crippen LogP contribution in [0.5, 0.6) is 0 Å². The summed E-state index contributed by atoms with van der Waals surface area (Å²) in [6.45, 7) is 2.37. The van der Waals surface area contributed by atoms with Crippen LogP contribution in [0.1, 0.15) is 51.9 Å². The molecule has 84 valence electrons. The van der Waals surface area contributed by atoms with Gasteiger partial charge in [0.15, 0.2) is 0 Å². The maximum absolute atomic E-state index is 11.8. The fourth-order valence-corrected chi connectivity index (χ4v) is 3.10. The summed E-state index contributed by atoms with van der Waals surface area (Å²) in [5.74, 6) is -0.0584. The highest BCUT2D eigenvalue weighted by molar-refractivity contribution is 5.90. The van der Waals surface area contributed by atoms with Crippen molar-refractivity contribution >= 4 is 5.97 Å². The standard InChI is InChI=1S/C13H20O2/c1-2-15-12(14)11-7-6-10-13(11)8-4-3-5-9-13/h7H,2-6,8-10H2,1H3. The summed E-state index contributed by atoms with van der Waals surface area (Å²) < 4.78 is 5.15. The van der Waals surface area contributed by atoms with Gasteiger partial charge in [-0.25, -0.2) is 4.79 Å². The molecule has 2 rings (SSSR count). The molecule has 2 heteroatoms. The summed E-state index contributed by atoms with van der Waals surface area (Å²) in [6, 6.07) is 0. The van der Waals surface area contributed by atoms with Gasteiger partial charge >= 0.3 is 5.97 Å². The monoisotopic (exact) mass is 208 g/mol. The van der Waals surface area contributed by atoms with Crippen LogP contribution in [-0.4, -0.2) is 12.6 Å². The zero-order chi connectivity index (χ0) is 10.7. The van der Waals surface area contributed by atoms with Gasteiger partial charge in [0.2, 0.25) is 0 Å². The molecule has 1 spiro atoms. The molecule has 0 aromatic heterocycles. The Morgan fingerprint density at radius 2 is 2.07 bits per heavy atom. The van der Waals surface area contributed by atoms with Crippen LogP contribution in [0.3, 0.4) is 0 Å². The van der Waals surface area contributed by atoms with Gasteiger partial charge in [0.1, 0.15) is 0 Å². The summed E-state index contributed by atoms with van der Waals surface area (Å²) in [4.78, 5) is 11.8. The third-order valence-corrected chi connectivity index (χ3v) is 3.85.